The van der Waals surface area contributed by atoms with Crippen LogP contribution >= 0.6 is 0 Å². The number of hydrogen-bond donors (Lipinski definition) is 2. The maximum Gasteiger partial charge on any atom is 0.263 e. The van der Waals surface area contributed by atoms with Crippen LogP contribution in [0.2, 0.25) is 0 Å². The van der Waals surface area contributed by atoms with E-state index in [1.807, 2.05) is 6.92 Å². The largest absolute Gasteiger partial charge is 0.497 e. The summed E-state index contributed by atoms with van der Waals surface area (Å²) in [5.74, 6) is 0.889. The molecular formula is C12H15N3O3S. The van der Waals surface area contributed by atoms with Crippen molar-refractivity contribution >= 4 is 15.8 Å². The van der Waals surface area contributed by atoms with E-state index in [4.69, 9.17) is 4.74 Å². The van der Waals surface area contributed by atoms with E-state index in [1.165, 1.54) is 19.2 Å². The molecule has 0 amide bonds. The SMILES string of the molecule is CCc1cc(NS(=O)(=O)c2ccc(OC)cc2)n[nH]1. The molecule has 0 fully saturated rings. The molecular weight excluding hydrogens is 266 g/mol. The van der Waals surface area contributed by atoms with Crippen molar-refractivity contribution in [2.24, 2.45) is 0 Å². The van der Waals surface area contributed by atoms with Crippen molar-refractivity contribution in [2.45, 2.75) is 18.2 Å². The minimum absolute atomic E-state index is 0.161. The smallest absolute Gasteiger partial charge is 0.263 e. The Balaban J connectivity index is 2.21. The summed E-state index contributed by atoms with van der Waals surface area (Å²) in [6.45, 7) is 1.95. The van der Waals surface area contributed by atoms with E-state index in [-0.39, 0.29) is 10.7 Å². The molecule has 0 aliphatic heterocycles. The third-order valence-corrected chi connectivity index (χ3v) is 3.99. The van der Waals surface area contributed by atoms with Gasteiger partial charge in [-0.15, -0.1) is 0 Å². The summed E-state index contributed by atoms with van der Waals surface area (Å²) in [6, 6.07) is 7.82. The lowest BCUT2D eigenvalue weighted by molar-refractivity contribution is 0.414. The monoisotopic (exact) mass is 281 g/mol. The van der Waals surface area contributed by atoms with Crippen LogP contribution in [-0.4, -0.2) is 25.7 Å². The predicted molar refractivity (Wildman–Crippen MR) is 71.8 cm³/mol. The molecule has 0 saturated heterocycles. The van der Waals surface area contributed by atoms with Crippen molar-refractivity contribution in [3.8, 4) is 5.75 Å². The molecule has 102 valence electrons. The van der Waals surface area contributed by atoms with Crippen molar-refractivity contribution in [1.82, 2.24) is 10.2 Å². The molecule has 0 saturated carbocycles. The van der Waals surface area contributed by atoms with Gasteiger partial charge in [-0.05, 0) is 30.7 Å². The quantitative estimate of drug-likeness (QED) is 0.875. The summed E-state index contributed by atoms with van der Waals surface area (Å²) in [5, 5.41) is 6.64. The maximum absolute atomic E-state index is 12.1. The number of aryl methyl sites for hydroxylation is 1. The van der Waals surface area contributed by atoms with Gasteiger partial charge in [0.1, 0.15) is 5.75 Å². The first-order valence-electron chi connectivity index (χ1n) is 5.76. The fraction of sp³-hybridized carbons (Fsp3) is 0.250. The van der Waals surface area contributed by atoms with E-state index in [1.54, 1.807) is 18.2 Å². The van der Waals surface area contributed by atoms with Crippen molar-refractivity contribution in [3.05, 3.63) is 36.0 Å². The van der Waals surface area contributed by atoms with Crippen LogP contribution < -0.4 is 9.46 Å². The van der Waals surface area contributed by atoms with Gasteiger partial charge in [-0.2, -0.15) is 5.10 Å². The van der Waals surface area contributed by atoms with E-state index in [0.29, 0.717) is 5.75 Å². The predicted octanol–water partition coefficient (Wildman–Crippen LogP) is 1.78. The van der Waals surface area contributed by atoms with E-state index in [0.717, 1.165) is 12.1 Å². The van der Waals surface area contributed by atoms with Crippen LogP contribution in [0.15, 0.2) is 35.2 Å². The molecule has 0 bridgehead atoms. The molecule has 0 unspecified atom stereocenters. The van der Waals surface area contributed by atoms with Gasteiger partial charge in [0.05, 0.1) is 12.0 Å². The molecule has 2 rings (SSSR count). The minimum atomic E-state index is -3.62. The van der Waals surface area contributed by atoms with E-state index < -0.39 is 10.0 Å². The number of hydrogen-bond acceptors (Lipinski definition) is 4. The zero-order chi connectivity index (χ0) is 13.9. The molecule has 1 aromatic carbocycles. The fourth-order valence-corrected chi connectivity index (χ4v) is 2.54. The zero-order valence-corrected chi connectivity index (χ0v) is 11.5. The molecule has 2 aromatic rings. The normalized spacial score (nSPS) is 11.3. The first-order chi connectivity index (χ1) is 9.05. The number of aromatic nitrogens is 2. The van der Waals surface area contributed by atoms with Crippen LogP contribution in [0.3, 0.4) is 0 Å². The maximum atomic E-state index is 12.1. The van der Waals surface area contributed by atoms with Crippen LogP contribution in [-0.2, 0) is 16.4 Å². The molecule has 0 atom stereocenters. The summed E-state index contributed by atoms with van der Waals surface area (Å²) >= 11 is 0. The number of benzene rings is 1. The summed E-state index contributed by atoms with van der Waals surface area (Å²) in [4.78, 5) is 0.161. The van der Waals surface area contributed by atoms with Gasteiger partial charge in [0, 0.05) is 11.8 Å². The highest BCUT2D eigenvalue weighted by atomic mass is 32.2. The summed E-state index contributed by atoms with van der Waals surface area (Å²) in [5.41, 5.74) is 0.868. The summed E-state index contributed by atoms with van der Waals surface area (Å²) in [6.07, 6.45) is 0.761. The Bertz CT molecular complexity index is 647. The molecule has 19 heavy (non-hydrogen) atoms. The topological polar surface area (TPSA) is 84.1 Å². The average Bonchev–Trinajstić information content (AvgIpc) is 2.85. The number of H-pyrrole nitrogens is 1. The van der Waals surface area contributed by atoms with Gasteiger partial charge in [-0.1, -0.05) is 6.92 Å². The van der Waals surface area contributed by atoms with Gasteiger partial charge in [-0.25, -0.2) is 8.42 Å². The first kappa shape index (κ1) is 13.4. The number of nitrogens with zero attached hydrogens (tertiary/aromatic N) is 1. The Labute approximate surface area is 111 Å². The van der Waals surface area contributed by atoms with Gasteiger partial charge in [0.25, 0.3) is 10.0 Å². The number of rotatable bonds is 5. The van der Waals surface area contributed by atoms with Crippen LogP contribution in [0.25, 0.3) is 0 Å². The molecule has 0 aliphatic carbocycles. The molecule has 0 aliphatic rings. The minimum Gasteiger partial charge on any atom is -0.497 e. The third-order valence-electron chi connectivity index (χ3n) is 2.62. The van der Waals surface area contributed by atoms with Crippen molar-refractivity contribution in [2.75, 3.05) is 11.8 Å². The highest BCUT2D eigenvalue weighted by Crippen LogP contribution is 2.18. The van der Waals surface area contributed by atoms with E-state index >= 15 is 0 Å². The fourth-order valence-electron chi connectivity index (χ4n) is 1.55. The Morgan fingerprint density at radius 1 is 1.32 bits per heavy atom. The van der Waals surface area contributed by atoms with Crippen LogP contribution in [0, 0.1) is 0 Å². The summed E-state index contributed by atoms with van der Waals surface area (Å²) < 4.78 is 31.6. The van der Waals surface area contributed by atoms with Crippen molar-refractivity contribution < 1.29 is 13.2 Å². The van der Waals surface area contributed by atoms with Gasteiger partial charge >= 0.3 is 0 Å². The van der Waals surface area contributed by atoms with Gasteiger partial charge in [-0.3, -0.25) is 9.82 Å². The second-order valence-electron chi connectivity index (χ2n) is 3.91. The van der Waals surface area contributed by atoms with Crippen molar-refractivity contribution in [1.29, 1.82) is 0 Å². The molecule has 0 radical (unpaired) electrons. The molecule has 1 aromatic heterocycles. The lowest BCUT2D eigenvalue weighted by Crippen LogP contribution is -2.13. The summed E-state index contributed by atoms with van der Waals surface area (Å²) in [7, 11) is -2.10. The number of nitrogens with one attached hydrogen (secondary N) is 2. The number of anilines is 1. The highest BCUT2D eigenvalue weighted by Gasteiger charge is 2.15. The Morgan fingerprint density at radius 2 is 2.00 bits per heavy atom. The third kappa shape index (κ3) is 3.05. The second-order valence-corrected chi connectivity index (χ2v) is 5.60. The first-order valence-corrected chi connectivity index (χ1v) is 7.24. The van der Waals surface area contributed by atoms with Gasteiger partial charge < -0.3 is 4.74 Å². The van der Waals surface area contributed by atoms with E-state index in [9.17, 15) is 8.42 Å². The number of aromatic amines is 1. The molecule has 0 spiro atoms. The number of methoxy groups -OCH3 is 1. The Kier molecular flexibility index (Phi) is 3.75. The highest BCUT2D eigenvalue weighted by molar-refractivity contribution is 7.92. The zero-order valence-electron chi connectivity index (χ0n) is 10.7. The Hall–Kier alpha value is -2.02. The van der Waals surface area contributed by atoms with Crippen molar-refractivity contribution in [3.63, 3.8) is 0 Å². The molecule has 7 heteroatoms. The van der Waals surface area contributed by atoms with Gasteiger partial charge in [0.15, 0.2) is 5.82 Å². The molecule has 1 heterocycles. The molecule has 6 nitrogen and oxygen atoms in total. The van der Waals surface area contributed by atoms with Crippen LogP contribution in [0.5, 0.6) is 5.75 Å². The van der Waals surface area contributed by atoms with E-state index in [2.05, 4.69) is 14.9 Å². The average molecular weight is 281 g/mol. The lowest BCUT2D eigenvalue weighted by atomic mass is 10.3. The molecule has 2 N–H and O–H groups in total. The lowest BCUT2D eigenvalue weighted by Gasteiger charge is -2.06. The van der Waals surface area contributed by atoms with Gasteiger partial charge in [0.2, 0.25) is 0 Å². The van der Waals surface area contributed by atoms with Crippen LogP contribution in [0.1, 0.15) is 12.6 Å². The standard InChI is InChI=1S/C12H15N3O3S/c1-3-9-8-12(14-13-9)15-19(16,17)11-6-4-10(18-2)5-7-11/h4-8H,3H2,1-2H3,(H2,13,14,15). The number of ether oxygens (including phenoxy) is 1. The second kappa shape index (κ2) is 5.31. The van der Waals surface area contributed by atoms with Crippen LogP contribution in [0.4, 0.5) is 5.82 Å². The number of sulfonamides is 1. The Morgan fingerprint density at radius 3 is 2.53 bits per heavy atom.